The Morgan fingerprint density at radius 1 is 0.767 bits per heavy atom. The van der Waals surface area contributed by atoms with Crippen LogP contribution >= 0.6 is 0 Å². The molecule has 0 heterocycles. The lowest BCUT2D eigenvalue weighted by Crippen LogP contribution is -2.37. The molecule has 156 valence electrons. The van der Waals surface area contributed by atoms with Crippen molar-refractivity contribution in [2.45, 2.75) is 27.2 Å². The van der Waals surface area contributed by atoms with Crippen LogP contribution in [0, 0.1) is 19.3 Å². The van der Waals surface area contributed by atoms with Crippen LogP contribution in [0.5, 0.6) is 0 Å². The number of hydrogen-bond donors (Lipinski definition) is 3. The van der Waals surface area contributed by atoms with Crippen LogP contribution in [0.3, 0.4) is 0 Å². The predicted octanol–water partition coefficient (Wildman–Crippen LogP) is 5.22. The van der Waals surface area contributed by atoms with Gasteiger partial charge in [0.1, 0.15) is 5.41 Å². The number of carbonyl (C=O) groups is 1. The Morgan fingerprint density at radius 2 is 1.30 bits per heavy atom. The van der Waals surface area contributed by atoms with Crippen LogP contribution in [-0.4, -0.2) is 34.5 Å². The Labute approximate surface area is 176 Å². The predicted molar refractivity (Wildman–Crippen MR) is 123 cm³/mol. The average Bonchev–Trinajstić information content (AvgIpc) is 2.78. The average molecular weight is 405 g/mol. The van der Waals surface area contributed by atoms with Crippen LogP contribution in [0.15, 0.2) is 60.7 Å². The van der Waals surface area contributed by atoms with Gasteiger partial charge in [-0.2, -0.15) is 0 Å². The highest BCUT2D eigenvalue weighted by atomic mass is 16.4. The number of benzene rings is 4. The molecule has 4 aromatic carbocycles. The number of rotatable bonds is 4. The van der Waals surface area contributed by atoms with Gasteiger partial charge in [-0.05, 0) is 63.7 Å². The van der Waals surface area contributed by atoms with Gasteiger partial charge >= 0.3 is 5.97 Å². The molecule has 3 N–H and O–H groups in total. The molecule has 0 aliphatic carbocycles. The normalized spacial score (nSPS) is 11.5. The van der Waals surface area contributed by atoms with Gasteiger partial charge in [-0.15, -0.1) is 0 Å². The van der Waals surface area contributed by atoms with E-state index in [0.717, 1.165) is 0 Å². The van der Waals surface area contributed by atoms with Crippen molar-refractivity contribution in [3.63, 3.8) is 0 Å². The van der Waals surface area contributed by atoms with Crippen LogP contribution < -0.4 is 0 Å². The Hall–Kier alpha value is -2.95. The SMILES string of the molecule is CCC(CO)(CO)C(=O)O.Cc1c2ccccc2c(C)c2c1ccc1ccccc12. The number of aliphatic carboxylic acids is 1. The van der Waals surface area contributed by atoms with Crippen LogP contribution in [-0.2, 0) is 4.79 Å². The van der Waals surface area contributed by atoms with Crippen molar-refractivity contribution in [2.75, 3.05) is 13.2 Å². The van der Waals surface area contributed by atoms with E-state index in [4.69, 9.17) is 15.3 Å². The lowest BCUT2D eigenvalue weighted by atomic mass is 9.87. The minimum Gasteiger partial charge on any atom is -0.481 e. The van der Waals surface area contributed by atoms with Crippen LogP contribution in [0.4, 0.5) is 0 Å². The van der Waals surface area contributed by atoms with E-state index in [0.29, 0.717) is 0 Å². The molecule has 0 aliphatic rings. The van der Waals surface area contributed by atoms with Crippen molar-refractivity contribution in [3.05, 3.63) is 71.8 Å². The maximum Gasteiger partial charge on any atom is 0.314 e. The summed E-state index contributed by atoms with van der Waals surface area (Å²) in [7, 11) is 0. The summed E-state index contributed by atoms with van der Waals surface area (Å²) in [6.07, 6.45) is 0.231. The van der Waals surface area contributed by atoms with Crippen molar-refractivity contribution >= 4 is 38.3 Å². The largest absolute Gasteiger partial charge is 0.481 e. The molecule has 30 heavy (non-hydrogen) atoms. The number of hydrogen-bond acceptors (Lipinski definition) is 3. The molecule has 0 aliphatic heterocycles. The molecule has 0 fully saturated rings. The topological polar surface area (TPSA) is 77.8 Å². The van der Waals surface area contributed by atoms with Gasteiger partial charge in [-0.25, -0.2) is 0 Å². The third kappa shape index (κ3) is 3.64. The minimum atomic E-state index is -1.35. The number of carboxylic acid groups (broad SMARTS) is 1. The van der Waals surface area contributed by atoms with Gasteiger partial charge in [0.05, 0.1) is 13.2 Å². The van der Waals surface area contributed by atoms with Crippen molar-refractivity contribution in [3.8, 4) is 0 Å². The van der Waals surface area contributed by atoms with E-state index in [-0.39, 0.29) is 6.42 Å². The Morgan fingerprint density at radius 3 is 1.80 bits per heavy atom. The molecule has 0 amide bonds. The second-order valence-electron chi connectivity index (χ2n) is 7.76. The van der Waals surface area contributed by atoms with E-state index < -0.39 is 24.6 Å². The summed E-state index contributed by atoms with van der Waals surface area (Å²) in [5.74, 6) is -1.15. The first-order valence-corrected chi connectivity index (χ1v) is 10.1. The zero-order valence-corrected chi connectivity index (χ0v) is 17.6. The number of carboxylic acids is 1. The number of aryl methyl sites for hydroxylation is 2. The molecule has 4 nitrogen and oxygen atoms in total. The first-order chi connectivity index (χ1) is 14.4. The summed E-state index contributed by atoms with van der Waals surface area (Å²) in [6, 6.07) is 21.9. The van der Waals surface area contributed by atoms with Gasteiger partial charge in [0, 0.05) is 0 Å². The summed E-state index contributed by atoms with van der Waals surface area (Å²) >= 11 is 0. The smallest absolute Gasteiger partial charge is 0.314 e. The second-order valence-corrected chi connectivity index (χ2v) is 7.76. The van der Waals surface area contributed by atoms with Crippen LogP contribution in [0.25, 0.3) is 32.3 Å². The lowest BCUT2D eigenvalue weighted by Gasteiger charge is -2.21. The minimum absolute atomic E-state index is 0.231. The monoisotopic (exact) mass is 404 g/mol. The van der Waals surface area contributed by atoms with E-state index in [1.54, 1.807) is 6.92 Å². The van der Waals surface area contributed by atoms with E-state index >= 15 is 0 Å². The lowest BCUT2D eigenvalue weighted by molar-refractivity contribution is -0.154. The van der Waals surface area contributed by atoms with Gasteiger partial charge in [0.15, 0.2) is 0 Å². The second kappa shape index (κ2) is 8.82. The Bertz CT molecular complexity index is 1200. The number of aliphatic hydroxyl groups excluding tert-OH is 2. The standard InChI is InChI=1S/C20H16.C6H12O4/c1-13-16-8-5-6-9-17(16)14(2)20-18(13)12-11-15-7-3-4-10-19(15)20;1-2-6(3-7,4-8)5(9)10/h3-12H,1-2H3;7-8H,2-4H2,1H3,(H,9,10). The van der Waals surface area contributed by atoms with Crippen molar-refractivity contribution in [1.29, 1.82) is 0 Å². The molecular weight excluding hydrogens is 376 g/mol. The zero-order chi connectivity index (χ0) is 21.9. The zero-order valence-electron chi connectivity index (χ0n) is 17.6. The van der Waals surface area contributed by atoms with Crippen LogP contribution in [0.1, 0.15) is 24.5 Å². The summed E-state index contributed by atoms with van der Waals surface area (Å²) < 4.78 is 0. The number of aliphatic hydroxyl groups is 2. The fraction of sp³-hybridized carbons (Fsp3) is 0.269. The summed E-state index contributed by atoms with van der Waals surface area (Å²) in [5, 5.41) is 33.9. The Balaban J connectivity index is 0.000000220. The molecule has 4 heteroatoms. The molecule has 4 aromatic rings. The molecule has 0 aromatic heterocycles. The maximum absolute atomic E-state index is 10.4. The van der Waals surface area contributed by atoms with E-state index in [2.05, 4.69) is 74.5 Å². The van der Waals surface area contributed by atoms with E-state index in [1.807, 2.05) is 0 Å². The molecule has 0 saturated heterocycles. The van der Waals surface area contributed by atoms with Crippen LogP contribution in [0.2, 0.25) is 0 Å². The summed E-state index contributed by atoms with van der Waals surface area (Å²) in [5.41, 5.74) is 1.42. The highest BCUT2D eigenvalue weighted by Crippen LogP contribution is 2.36. The highest BCUT2D eigenvalue weighted by Gasteiger charge is 2.35. The highest BCUT2D eigenvalue weighted by molar-refractivity contribution is 6.16. The quantitative estimate of drug-likeness (QED) is 0.322. The maximum atomic E-state index is 10.4. The molecule has 0 bridgehead atoms. The fourth-order valence-corrected chi connectivity index (χ4v) is 3.97. The van der Waals surface area contributed by atoms with E-state index in [9.17, 15) is 4.79 Å². The first kappa shape index (κ1) is 21.8. The Kier molecular flexibility index (Phi) is 6.40. The van der Waals surface area contributed by atoms with Gasteiger partial charge in [-0.1, -0.05) is 67.6 Å². The molecular formula is C26H28O4. The third-order valence-corrected chi connectivity index (χ3v) is 6.18. The molecule has 0 radical (unpaired) electrons. The van der Waals surface area contributed by atoms with Gasteiger partial charge in [0.25, 0.3) is 0 Å². The molecule has 4 rings (SSSR count). The van der Waals surface area contributed by atoms with Gasteiger partial charge in [0.2, 0.25) is 0 Å². The number of fused-ring (bicyclic) bond motifs is 4. The third-order valence-electron chi connectivity index (χ3n) is 6.18. The molecule has 0 saturated carbocycles. The van der Waals surface area contributed by atoms with Crippen molar-refractivity contribution in [2.24, 2.45) is 5.41 Å². The molecule has 0 unspecified atom stereocenters. The summed E-state index contributed by atoms with van der Waals surface area (Å²) in [4.78, 5) is 10.4. The van der Waals surface area contributed by atoms with Crippen molar-refractivity contribution < 1.29 is 20.1 Å². The van der Waals surface area contributed by atoms with Gasteiger partial charge in [-0.3, -0.25) is 4.79 Å². The molecule has 0 spiro atoms. The van der Waals surface area contributed by atoms with Gasteiger partial charge < -0.3 is 15.3 Å². The summed E-state index contributed by atoms with van der Waals surface area (Å²) in [6.45, 7) is 5.06. The van der Waals surface area contributed by atoms with E-state index in [1.165, 1.54) is 43.4 Å². The van der Waals surface area contributed by atoms with Crippen molar-refractivity contribution in [1.82, 2.24) is 0 Å². The fourth-order valence-electron chi connectivity index (χ4n) is 3.97. The first-order valence-electron chi connectivity index (χ1n) is 10.1. The molecule has 0 atom stereocenters.